The topological polar surface area (TPSA) is 51.2 Å². The number of hydrogen-bond acceptors (Lipinski definition) is 3. The number of hydrogen-bond donors (Lipinski definition) is 0. The summed E-state index contributed by atoms with van der Waals surface area (Å²) in [4.78, 5) is 11.8. The molecule has 0 aliphatic heterocycles. The van der Waals surface area contributed by atoms with Crippen molar-refractivity contribution in [3.8, 4) is 0 Å². The summed E-state index contributed by atoms with van der Waals surface area (Å²) < 4.78 is 38.0. The van der Waals surface area contributed by atoms with Gasteiger partial charge in [0, 0.05) is 10.0 Å². The third kappa shape index (κ3) is 3.90. The van der Waals surface area contributed by atoms with E-state index >= 15 is 0 Å². The van der Waals surface area contributed by atoms with Gasteiger partial charge in [-0.1, -0.05) is 39.7 Å². The smallest absolute Gasteiger partial charge is 0.185 e. The van der Waals surface area contributed by atoms with E-state index in [1.165, 1.54) is 12.1 Å². The normalized spacial score (nSPS) is 11.4. The zero-order chi connectivity index (χ0) is 15.6. The summed E-state index contributed by atoms with van der Waals surface area (Å²) in [5, 5.41) is -0.300. The number of rotatable bonds is 4. The van der Waals surface area contributed by atoms with Gasteiger partial charge in [-0.3, -0.25) is 4.79 Å². The second-order valence-corrected chi connectivity index (χ2v) is 7.58. The zero-order valence-electron chi connectivity index (χ0n) is 10.5. The molecule has 0 fully saturated rings. The highest BCUT2D eigenvalue weighted by Gasteiger charge is 2.21. The highest BCUT2D eigenvalue weighted by Crippen LogP contribution is 2.21. The predicted octanol–water partition coefficient (Wildman–Crippen LogP) is 3.90. The van der Waals surface area contributed by atoms with E-state index in [0.29, 0.717) is 4.47 Å². The first-order chi connectivity index (χ1) is 9.79. The molecule has 0 N–H and O–H groups in total. The molecule has 2 aromatic carbocycles. The molecule has 0 aliphatic rings. The molecule has 7 heteroatoms. The van der Waals surface area contributed by atoms with E-state index in [0.717, 1.165) is 18.2 Å². The van der Waals surface area contributed by atoms with Crippen molar-refractivity contribution in [1.29, 1.82) is 0 Å². The van der Waals surface area contributed by atoms with Crippen molar-refractivity contribution in [3.05, 3.63) is 63.3 Å². The van der Waals surface area contributed by atoms with Crippen molar-refractivity contribution in [2.45, 2.75) is 4.90 Å². The Morgan fingerprint density at radius 2 is 1.90 bits per heavy atom. The minimum atomic E-state index is -3.88. The highest BCUT2D eigenvalue weighted by molar-refractivity contribution is 9.10. The summed E-state index contributed by atoms with van der Waals surface area (Å²) in [7, 11) is -3.88. The Morgan fingerprint density at radius 1 is 1.19 bits per heavy atom. The molecule has 0 saturated heterocycles. The summed E-state index contributed by atoms with van der Waals surface area (Å²) in [6, 6.07) is 9.48. The van der Waals surface area contributed by atoms with Gasteiger partial charge in [0.25, 0.3) is 0 Å². The molecule has 0 heterocycles. The third-order valence-electron chi connectivity index (χ3n) is 2.72. The van der Waals surface area contributed by atoms with Gasteiger partial charge in [-0.25, -0.2) is 12.8 Å². The van der Waals surface area contributed by atoms with Gasteiger partial charge >= 0.3 is 0 Å². The minimum Gasteiger partial charge on any atom is -0.293 e. The number of ketones is 1. The van der Waals surface area contributed by atoms with Crippen LogP contribution in [0.1, 0.15) is 10.4 Å². The fourth-order valence-electron chi connectivity index (χ4n) is 1.67. The Balaban J connectivity index is 2.29. The zero-order valence-corrected chi connectivity index (χ0v) is 13.7. The van der Waals surface area contributed by atoms with E-state index in [1.54, 1.807) is 12.1 Å². The second kappa shape index (κ2) is 6.25. The number of carbonyl (C=O) groups excluding carboxylic acids is 1. The molecular formula is C14H9BrClFO3S. The molecule has 0 amide bonds. The summed E-state index contributed by atoms with van der Waals surface area (Å²) >= 11 is 8.78. The van der Waals surface area contributed by atoms with Gasteiger partial charge in [-0.05, 0) is 30.3 Å². The molecule has 110 valence electrons. The second-order valence-electron chi connectivity index (χ2n) is 4.27. The lowest BCUT2D eigenvalue weighted by atomic mass is 10.2. The molecule has 0 radical (unpaired) electrons. The van der Waals surface area contributed by atoms with Crippen molar-refractivity contribution in [3.63, 3.8) is 0 Å². The molecule has 2 aromatic rings. The van der Waals surface area contributed by atoms with Gasteiger partial charge < -0.3 is 0 Å². The maximum Gasteiger partial charge on any atom is 0.185 e. The number of benzene rings is 2. The molecule has 2 rings (SSSR count). The van der Waals surface area contributed by atoms with E-state index in [-0.39, 0.29) is 15.5 Å². The molecule has 0 aliphatic carbocycles. The van der Waals surface area contributed by atoms with Crippen molar-refractivity contribution < 1.29 is 17.6 Å². The number of Topliss-reactive ketones (excluding diaryl/α,β-unsaturated/α-hetero) is 1. The van der Waals surface area contributed by atoms with Gasteiger partial charge in [0.15, 0.2) is 15.6 Å². The van der Waals surface area contributed by atoms with Crippen LogP contribution < -0.4 is 0 Å². The average Bonchev–Trinajstić information content (AvgIpc) is 2.41. The van der Waals surface area contributed by atoms with E-state index < -0.39 is 27.2 Å². The standard InChI is InChI=1S/C14H9BrClFO3S/c15-10-3-1-2-9(6-10)14(18)8-21(19,20)11-4-5-13(17)12(16)7-11/h1-7H,8H2. The Bertz CT molecular complexity index is 806. The molecule has 0 aromatic heterocycles. The van der Waals surface area contributed by atoms with Crippen LogP contribution >= 0.6 is 27.5 Å². The van der Waals surface area contributed by atoms with Crippen molar-refractivity contribution >= 4 is 43.2 Å². The van der Waals surface area contributed by atoms with Gasteiger partial charge in [0.1, 0.15) is 11.6 Å². The molecule has 0 spiro atoms. The molecule has 0 atom stereocenters. The lowest BCUT2D eigenvalue weighted by Crippen LogP contribution is -2.16. The largest absolute Gasteiger partial charge is 0.293 e. The fourth-order valence-corrected chi connectivity index (χ4v) is 3.57. The first kappa shape index (κ1) is 16.1. The first-order valence-corrected chi connectivity index (χ1v) is 8.58. The minimum absolute atomic E-state index is 0.183. The SMILES string of the molecule is O=C(CS(=O)(=O)c1ccc(F)c(Cl)c1)c1cccc(Br)c1. The monoisotopic (exact) mass is 390 g/mol. The van der Waals surface area contributed by atoms with Crippen LogP contribution in [0.3, 0.4) is 0 Å². The quantitative estimate of drug-likeness (QED) is 0.587. The summed E-state index contributed by atoms with van der Waals surface area (Å²) in [6.45, 7) is 0. The molecular weight excluding hydrogens is 383 g/mol. The summed E-state index contributed by atoms with van der Waals surface area (Å²) in [5.41, 5.74) is 0.279. The highest BCUT2D eigenvalue weighted by atomic mass is 79.9. The Kier molecular flexibility index (Phi) is 4.81. The van der Waals surface area contributed by atoms with Gasteiger partial charge in [0.2, 0.25) is 0 Å². The predicted molar refractivity (Wildman–Crippen MR) is 81.9 cm³/mol. The van der Waals surface area contributed by atoms with Crippen LogP contribution in [0.5, 0.6) is 0 Å². The van der Waals surface area contributed by atoms with Gasteiger partial charge in [0.05, 0.1) is 9.92 Å². The Labute approximate surface area is 134 Å². The molecule has 0 unspecified atom stereocenters. The number of carbonyl (C=O) groups is 1. The van der Waals surface area contributed by atoms with Crippen molar-refractivity contribution in [2.24, 2.45) is 0 Å². The molecule has 0 bridgehead atoms. The van der Waals surface area contributed by atoms with Gasteiger partial charge in [-0.2, -0.15) is 0 Å². The van der Waals surface area contributed by atoms with Crippen LogP contribution in [-0.2, 0) is 9.84 Å². The van der Waals surface area contributed by atoms with E-state index in [2.05, 4.69) is 15.9 Å². The molecule has 3 nitrogen and oxygen atoms in total. The fraction of sp³-hybridized carbons (Fsp3) is 0.0714. The van der Waals surface area contributed by atoms with Crippen LogP contribution in [0.2, 0.25) is 5.02 Å². The number of halogens is 3. The summed E-state index contributed by atoms with van der Waals surface area (Å²) in [6.07, 6.45) is 0. The van der Waals surface area contributed by atoms with Crippen molar-refractivity contribution in [1.82, 2.24) is 0 Å². The van der Waals surface area contributed by atoms with Crippen LogP contribution in [0, 0.1) is 5.82 Å². The lowest BCUT2D eigenvalue weighted by Gasteiger charge is -2.05. The van der Waals surface area contributed by atoms with Crippen LogP contribution in [0.4, 0.5) is 4.39 Å². The van der Waals surface area contributed by atoms with Gasteiger partial charge in [-0.15, -0.1) is 0 Å². The Morgan fingerprint density at radius 3 is 2.52 bits per heavy atom. The molecule has 21 heavy (non-hydrogen) atoms. The van der Waals surface area contributed by atoms with E-state index in [9.17, 15) is 17.6 Å². The maximum atomic E-state index is 13.1. The number of sulfone groups is 1. The summed E-state index contributed by atoms with van der Waals surface area (Å²) in [5.74, 6) is -1.96. The van der Waals surface area contributed by atoms with Crippen LogP contribution in [0.15, 0.2) is 51.8 Å². The van der Waals surface area contributed by atoms with Crippen LogP contribution in [-0.4, -0.2) is 20.0 Å². The first-order valence-electron chi connectivity index (χ1n) is 5.76. The third-order valence-corrected chi connectivity index (χ3v) is 5.12. The maximum absolute atomic E-state index is 13.1. The van der Waals surface area contributed by atoms with E-state index in [4.69, 9.17) is 11.6 Å². The Hall–Kier alpha value is -1.24. The van der Waals surface area contributed by atoms with Crippen LogP contribution in [0.25, 0.3) is 0 Å². The van der Waals surface area contributed by atoms with E-state index in [1.807, 2.05) is 0 Å². The lowest BCUT2D eigenvalue weighted by molar-refractivity contribution is 0.102. The molecule has 0 saturated carbocycles. The average molecular weight is 392 g/mol. The van der Waals surface area contributed by atoms with Crippen molar-refractivity contribution in [2.75, 3.05) is 5.75 Å².